The van der Waals surface area contributed by atoms with Gasteiger partial charge in [0.05, 0.1) is 5.69 Å². The highest BCUT2D eigenvalue weighted by Crippen LogP contribution is 2.13. The third kappa shape index (κ3) is 2.39. The summed E-state index contributed by atoms with van der Waals surface area (Å²) in [6.07, 6.45) is 1.91. The molecule has 0 atom stereocenters. The van der Waals surface area contributed by atoms with Crippen LogP contribution in [0.3, 0.4) is 0 Å². The molecule has 0 aliphatic heterocycles. The van der Waals surface area contributed by atoms with Gasteiger partial charge in [0.25, 0.3) is 0 Å². The summed E-state index contributed by atoms with van der Waals surface area (Å²) in [6.45, 7) is 3.15. The highest BCUT2D eigenvalue weighted by atomic mass is 16.1. The van der Waals surface area contributed by atoms with Crippen LogP contribution in [0.1, 0.15) is 30.8 Å². The fourth-order valence-corrected chi connectivity index (χ4v) is 1.09. The lowest BCUT2D eigenvalue weighted by Crippen LogP contribution is -2.11. The lowest BCUT2D eigenvalue weighted by atomic mass is 10.2. The second kappa shape index (κ2) is 4.50. The van der Waals surface area contributed by atoms with Crippen LogP contribution in [0.5, 0.6) is 0 Å². The Morgan fingerprint density at radius 2 is 2.21 bits per heavy atom. The van der Waals surface area contributed by atoms with Crippen molar-refractivity contribution >= 4 is 17.4 Å². The van der Waals surface area contributed by atoms with Gasteiger partial charge in [-0.1, -0.05) is 6.92 Å². The molecule has 1 amide bonds. The van der Waals surface area contributed by atoms with Crippen LogP contribution in [-0.4, -0.2) is 16.7 Å². The predicted octanol–water partition coefficient (Wildman–Crippen LogP) is 1.63. The third-order valence-corrected chi connectivity index (χ3v) is 1.70. The van der Waals surface area contributed by atoms with E-state index in [2.05, 4.69) is 10.3 Å². The number of aromatic nitrogens is 1. The summed E-state index contributed by atoms with van der Waals surface area (Å²) in [4.78, 5) is 26.2. The Labute approximate surface area is 82.3 Å². The number of nitrogens with one attached hydrogen (secondary N) is 1. The standard InChI is InChI=1S/C10H12N2O2/c1-3-9(14)10-8(12-7(2)13)5-4-6-11-10/h4-6H,3H2,1-2H3,(H,12,13). The van der Waals surface area contributed by atoms with Crippen molar-refractivity contribution < 1.29 is 9.59 Å². The molecule has 0 bridgehead atoms. The minimum absolute atomic E-state index is 0.0747. The Morgan fingerprint density at radius 1 is 1.50 bits per heavy atom. The van der Waals surface area contributed by atoms with Gasteiger partial charge >= 0.3 is 0 Å². The summed E-state index contributed by atoms with van der Waals surface area (Å²) in [5.74, 6) is -0.280. The SMILES string of the molecule is CCC(=O)c1ncccc1NC(C)=O. The number of nitrogens with zero attached hydrogens (tertiary/aromatic N) is 1. The van der Waals surface area contributed by atoms with E-state index in [1.54, 1.807) is 19.1 Å². The molecule has 4 nitrogen and oxygen atoms in total. The van der Waals surface area contributed by atoms with Crippen LogP contribution in [0.4, 0.5) is 5.69 Å². The number of carbonyl (C=O) groups is 2. The van der Waals surface area contributed by atoms with Gasteiger partial charge in [0.1, 0.15) is 5.69 Å². The molecule has 0 aromatic carbocycles. The minimum atomic E-state index is -0.205. The molecule has 0 unspecified atom stereocenters. The first kappa shape index (κ1) is 10.4. The maximum atomic E-state index is 11.4. The van der Waals surface area contributed by atoms with Gasteiger partial charge in [0.15, 0.2) is 5.78 Å². The summed E-state index contributed by atoms with van der Waals surface area (Å²) < 4.78 is 0. The van der Waals surface area contributed by atoms with Crippen LogP contribution in [0.25, 0.3) is 0 Å². The monoisotopic (exact) mass is 192 g/mol. The molecule has 1 aromatic heterocycles. The molecule has 1 N–H and O–H groups in total. The Hall–Kier alpha value is -1.71. The Morgan fingerprint density at radius 3 is 2.79 bits per heavy atom. The summed E-state index contributed by atoms with van der Waals surface area (Å²) in [5, 5.41) is 2.57. The number of amides is 1. The average Bonchev–Trinajstić information content (AvgIpc) is 2.16. The van der Waals surface area contributed by atoms with E-state index in [9.17, 15) is 9.59 Å². The highest BCUT2D eigenvalue weighted by Gasteiger charge is 2.10. The van der Waals surface area contributed by atoms with Gasteiger partial charge in [-0.3, -0.25) is 14.6 Å². The number of hydrogen-bond acceptors (Lipinski definition) is 3. The summed E-state index contributed by atoms with van der Waals surface area (Å²) in [5.41, 5.74) is 0.803. The van der Waals surface area contributed by atoms with E-state index in [-0.39, 0.29) is 11.7 Å². The number of ketones is 1. The molecule has 0 spiro atoms. The van der Waals surface area contributed by atoms with Crippen molar-refractivity contribution in [1.82, 2.24) is 4.98 Å². The van der Waals surface area contributed by atoms with Gasteiger partial charge in [-0.25, -0.2) is 0 Å². The van der Waals surface area contributed by atoms with Gasteiger partial charge in [-0.05, 0) is 12.1 Å². The zero-order chi connectivity index (χ0) is 10.6. The second-order valence-electron chi connectivity index (χ2n) is 2.86. The summed E-state index contributed by atoms with van der Waals surface area (Å²) >= 11 is 0. The number of hydrogen-bond donors (Lipinski definition) is 1. The first-order valence-electron chi connectivity index (χ1n) is 4.41. The van der Waals surface area contributed by atoms with Gasteiger partial charge in [0.2, 0.25) is 5.91 Å². The lowest BCUT2D eigenvalue weighted by Gasteiger charge is -2.05. The number of rotatable bonds is 3. The van der Waals surface area contributed by atoms with E-state index in [1.165, 1.54) is 13.1 Å². The van der Waals surface area contributed by atoms with Gasteiger partial charge in [-0.2, -0.15) is 0 Å². The third-order valence-electron chi connectivity index (χ3n) is 1.70. The van der Waals surface area contributed by atoms with Crippen LogP contribution in [-0.2, 0) is 4.79 Å². The highest BCUT2D eigenvalue weighted by molar-refractivity contribution is 6.02. The normalized spacial score (nSPS) is 9.57. The van der Waals surface area contributed by atoms with E-state index in [1.807, 2.05) is 0 Å². The lowest BCUT2D eigenvalue weighted by molar-refractivity contribution is -0.114. The number of pyridine rings is 1. The molecule has 74 valence electrons. The molecule has 0 saturated carbocycles. The van der Waals surface area contributed by atoms with Gasteiger partial charge < -0.3 is 5.32 Å². The number of carbonyl (C=O) groups excluding carboxylic acids is 2. The van der Waals surface area contributed by atoms with Crippen LogP contribution < -0.4 is 5.32 Å². The largest absolute Gasteiger partial charge is 0.324 e. The van der Waals surface area contributed by atoms with Crippen LogP contribution in [0.15, 0.2) is 18.3 Å². The second-order valence-corrected chi connectivity index (χ2v) is 2.86. The molecule has 0 aliphatic rings. The van der Waals surface area contributed by atoms with Crippen molar-refractivity contribution in [2.24, 2.45) is 0 Å². The van der Waals surface area contributed by atoms with Crippen molar-refractivity contribution in [3.8, 4) is 0 Å². The fourth-order valence-electron chi connectivity index (χ4n) is 1.09. The molecule has 1 heterocycles. The molecule has 4 heteroatoms. The first-order valence-corrected chi connectivity index (χ1v) is 4.41. The first-order chi connectivity index (χ1) is 6.65. The molecule has 0 aliphatic carbocycles. The smallest absolute Gasteiger partial charge is 0.221 e. The maximum Gasteiger partial charge on any atom is 0.221 e. The topological polar surface area (TPSA) is 59.1 Å². The maximum absolute atomic E-state index is 11.4. The van der Waals surface area contributed by atoms with Crippen molar-refractivity contribution in [2.75, 3.05) is 5.32 Å². The zero-order valence-corrected chi connectivity index (χ0v) is 8.20. The number of Topliss-reactive ketones (excluding diaryl/α,β-unsaturated/α-hetero) is 1. The van der Waals surface area contributed by atoms with Gasteiger partial charge in [-0.15, -0.1) is 0 Å². The van der Waals surface area contributed by atoms with E-state index < -0.39 is 0 Å². The van der Waals surface area contributed by atoms with E-state index in [4.69, 9.17) is 0 Å². The van der Waals surface area contributed by atoms with E-state index in [0.29, 0.717) is 17.8 Å². The van der Waals surface area contributed by atoms with Crippen molar-refractivity contribution in [1.29, 1.82) is 0 Å². The summed E-state index contributed by atoms with van der Waals surface area (Å²) in [6, 6.07) is 3.34. The molecule has 0 saturated heterocycles. The molecule has 14 heavy (non-hydrogen) atoms. The van der Waals surface area contributed by atoms with E-state index >= 15 is 0 Å². The molecule has 0 fully saturated rings. The van der Waals surface area contributed by atoms with Crippen molar-refractivity contribution in [2.45, 2.75) is 20.3 Å². The molecular formula is C10H12N2O2. The Bertz CT molecular complexity index is 361. The molecule has 1 aromatic rings. The fraction of sp³-hybridized carbons (Fsp3) is 0.300. The van der Waals surface area contributed by atoms with Crippen LogP contribution in [0.2, 0.25) is 0 Å². The Kier molecular flexibility index (Phi) is 3.34. The quantitative estimate of drug-likeness (QED) is 0.740. The molecule has 0 radical (unpaired) electrons. The predicted molar refractivity (Wildman–Crippen MR) is 53.2 cm³/mol. The van der Waals surface area contributed by atoms with Crippen LogP contribution >= 0.6 is 0 Å². The van der Waals surface area contributed by atoms with Crippen molar-refractivity contribution in [3.05, 3.63) is 24.0 Å². The van der Waals surface area contributed by atoms with Crippen molar-refractivity contribution in [3.63, 3.8) is 0 Å². The number of anilines is 1. The molecular weight excluding hydrogens is 180 g/mol. The molecule has 1 rings (SSSR count). The zero-order valence-electron chi connectivity index (χ0n) is 8.20. The average molecular weight is 192 g/mol. The Balaban J connectivity index is 3.02. The van der Waals surface area contributed by atoms with Crippen LogP contribution in [0, 0.1) is 0 Å². The summed E-state index contributed by atoms with van der Waals surface area (Å²) in [7, 11) is 0. The van der Waals surface area contributed by atoms with E-state index in [0.717, 1.165) is 0 Å². The van der Waals surface area contributed by atoms with Gasteiger partial charge in [0, 0.05) is 19.5 Å². The minimum Gasteiger partial charge on any atom is -0.324 e.